The number of aliphatic hydroxyl groups excluding tert-OH is 1. The molecular formula is C13H10OS. The maximum atomic E-state index is 9.88. The van der Waals surface area contributed by atoms with Crippen LogP contribution >= 0.6 is 11.3 Å². The molecule has 1 heterocycles. The molecule has 0 radical (unpaired) electrons. The van der Waals surface area contributed by atoms with Crippen LogP contribution in [-0.4, -0.2) is 5.11 Å². The third-order valence-electron chi connectivity index (χ3n) is 2.68. The monoisotopic (exact) mass is 214 g/mol. The van der Waals surface area contributed by atoms with Gasteiger partial charge in [0.15, 0.2) is 0 Å². The van der Waals surface area contributed by atoms with E-state index < -0.39 is 6.10 Å². The summed E-state index contributed by atoms with van der Waals surface area (Å²) in [6.45, 7) is 0. The first kappa shape index (κ1) is 8.89. The first-order valence-corrected chi connectivity index (χ1v) is 5.77. The van der Waals surface area contributed by atoms with Gasteiger partial charge in [-0.1, -0.05) is 30.3 Å². The molecule has 0 saturated heterocycles. The summed E-state index contributed by atoms with van der Waals surface area (Å²) in [5.74, 6) is 0. The number of rotatable bonds is 1. The Morgan fingerprint density at radius 3 is 2.73 bits per heavy atom. The van der Waals surface area contributed by atoms with Crippen LogP contribution in [-0.2, 0) is 0 Å². The molecule has 1 aliphatic rings. The van der Waals surface area contributed by atoms with Gasteiger partial charge < -0.3 is 5.11 Å². The van der Waals surface area contributed by atoms with E-state index in [2.05, 4.69) is 17.5 Å². The number of thiophene rings is 1. The molecule has 3 rings (SSSR count). The van der Waals surface area contributed by atoms with Crippen molar-refractivity contribution < 1.29 is 5.11 Å². The van der Waals surface area contributed by atoms with Crippen LogP contribution in [0.15, 0.2) is 47.9 Å². The lowest BCUT2D eigenvalue weighted by Crippen LogP contribution is -1.89. The Balaban J connectivity index is 2.17. The van der Waals surface area contributed by atoms with Crippen LogP contribution in [0.3, 0.4) is 0 Å². The molecule has 0 aliphatic heterocycles. The van der Waals surface area contributed by atoms with Crippen molar-refractivity contribution >= 4 is 16.9 Å². The molecule has 2 aromatic rings. The summed E-state index contributed by atoms with van der Waals surface area (Å²) in [6, 6.07) is 12.2. The molecule has 0 amide bonds. The highest BCUT2D eigenvalue weighted by molar-refractivity contribution is 7.11. The maximum Gasteiger partial charge on any atom is 0.0987 e. The highest BCUT2D eigenvalue weighted by Crippen LogP contribution is 2.39. The summed E-state index contributed by atoms with van der Waals surface area (Å²) in [6.07, 6.45) is 1.48. The summed E-state index contributed by atoms with van der Waals surface area (Å²) >= 11 is 1.71. The Labute approximate surface area is 92.3 Å². The first-order chi connectivity index (χ1) is 7.36. The Kier molecular flexibility index (Phi) is 1.97. The second kappa shape index (κ2) is 3.33. The lowest BCUT2D eigenvalue weighted by molar-refractivity contribution is 0.232. The molecule has 1 aromatic heterocycles. The first-order valence-electron chi connectivity index (χ1n) is 4.89. The van der Waals surface area contributed by atoms with E-state index in [1.54, 1.807) is 11.3 Å². The van der Waals surface area contributed by atoms with E-state index in [9.17, 15) is 5.11 Å². The van der Waals surface area contributed by atoms with Crippen molar-refractivity contribution in [3.8, 4) is 0 Å². The topological polar surface area (TPSA) is 20.2 Å². The average Bonchev–Trinajstić information content (AvgIpc) is 2.87. The van der Waals surface area contributed by atoms with Gasteiger partial charge in [-0.25, -0.2) is 0 Å². The zero-order valence-electron chi connectivity index (χ0n) is 8.05. The average molecular weight is 214 g/mol. The summed E-state index contributed by atoms with van der Waals surface area (Å²) < 4.78 is 0. The van der Waals surface area contributed by atoms with Crippen LogP contribution in [0.5, 0.6) is 0 Å². The van der Waals surface area contributed by atoms with Gasteiger partial charge in [0.1, 0.15) is 0 Å². The fraction of sp³-hybridized carbons (Fsp3) is 0.0769. The van der Waals surface area contributed by atoms with Gasteiger partial charge in [0.25, 0.3) is 0 Å². The lowest BCUT2D eigenvalue weighted by Gasteiger charge is -2.03. The summed E-state index contributed by atoms with van der Waals surface area (Å²) in [5, 5.41) is 11.9. The molecule has 1 atom stereocenters. The van der Waals surface area contributed by atoms with E-state index in [1.165, 1.54) is 4.88 Å². The highest BCUT2D eigenvalue weighted by Gasteiger charge is 2.21. The van der Waals surface area contributed by atoms with Crippen molar-refractivity contribution in [2.75, 3.05) is 0 Å². The van der Waals surface area contributed by atoms with Gasteiger partial charge in [-0.3, -0.25) is 0 Å². The fourth-order valence-electron chi connectivity index (χ4n) is 1.98. The van der Waals surface area contributed by atoms with Gasteiger partial charge in [-0.05, 0) is 34.2 Å². The Bertz CT molecular complexity index is 511. The molecule has 0 fully saturated rings. The number of aliphatic hydroxyl groups is 1. The van der Waals surface area contributed by atoms with E-state index in [4.69, 9.17) is 0 Å². The van der Waals surface area contributed by atoms with Gasteiger partial charge in [0.05, 0.1) is 6.10 Å². The SMILES string of the molecule is OC1C=C(c2cccs2)c2ccccc21. The van der Waals surface area contributed by atoms with Crippen molar-refractivity contribution in [2.45, 2.75) is 6.10 Å². The Morgan fingerprint density at radius 2 is 1.93 bits per heavy atom. The summed E-state index contributed by atoms with van der Waals surface area (Å²) in [7, 11) is 0. The van der Waals surface area contributed by atoms with E-state index >= 15 is 0 Å². The van der Waals surface area contributed by atoms with Crippen molar-refractivity contribution in [3.05, 3.63) is 63.9 Å². The molecule has 0 saturated carbocycles. The van der Waals surface area contributed by atoms with Gasteiger partial charge in [0.2, 0.25) is 0 Å². The molecule has 0 bridgehead atoms. The quantitative estimate of drug-likeness (QED) is 0.772. The zero-order chi connectivity index (χ0) is 10.3. The molecule has 0 spiro atoms. The van der Waals surface area contributed by atoms with Crippen molar-refractivity contribution in [3.63, 3.8) is 0 Å². The number of hydrogen-bond acceptors (Lipinski definition) is 2. The van der Waals surface area contributed by atoms with Crippen molar-refractivity contribution in [1.29, 1.82) is 0 Å². The predicted molar refractivity (Wildman–Crippen MR) is 62.8 cm³/mol. The van der Waals surface area contributed by atoms with Gasteiger partial charge in [0, 0.05) is 4.88 Å². The van der Waals surface area contributed by atoms with Crippen molar-refractivity contribution in [2.24, 2.45) is 0 Å². The molecule has 2 heteroatoms. The lowest BCUT2D eigenvalue weighted by atomic mass is 10.0. The highest BCUT2D eigenvalue weighted by atomic mass is 32.1. The molecule has 1 aliphatic carbocycles. The van der Waals surface area contributed by atoms with Crippen LogP contribution in [0.1, 0.15) is 22.1 Å². The predicted octanol–water partition coefficient (Wildman–Crippen LogP) is 3.23. The molecule has 15 heavy (non-hydrogen) atoms. The van der Waals surface area contributed by atoms with E-state index in [0.29, 0.717) is 0 Å². The van der Waals surface area contributed by atoms with Crippen molar-refractivity contribution in [1.82, 2.24) is 0 Å². The second-order valence-corrected chi connectivity index (χ2v) is 4.54. The molecular weight excluding hydrogens is 204 g/mol. The standard InChI is InChI=1S/C13H10OS/c14-12-8-11(13-6-3-7-15-13)9-4-1-2-5-10(9)12/h1-8,12,14H. The molecule has 1 unspecified atom stereocenters. The molecule has 1 aromatic carbocycles. The Morgan fingerprint density at radius 1 is 1.07 bits per heavy atom. The fourth-order valence-corrected chi connectivity index (χ4v) is 2.75. The smallest absolute Gasteiger partial charge is 0.0987 e. The van der Waals surface area contributed by atoms with E-state index in [1.807, 2.05) is 30.3 Å². The number of hydrogen-bond donors (Lipinski definition) is 1. The third-order valence-corrected chi connectivity index (χ3v) is 3.58. The summed E-state index contributed by atoms with van der Waals surface area (Å²) in [4.78, 5) is 1.22. The normalized spacial score (nSPS) is 18.7. The van der Waals surface area contributed by atoms with Crippen LogP contribution in [0.4, 0.5) is 0 Å². The van der Waals surface area contributed by atoms with E-state index in [-0.39, 0.29) is 0 Å². The minimum absolute atomic E-state index is 0.446. The molecule has 74 valence electrons. The minimum atomic E-state index is -0.446. The third kappa shape index (κ3) is 1.34. The second-order valence-electron chi connectivity index (χ2n) is 3.59. The van der Waals surface area contributed by atoms with Crippen LogP contribution in [0.2, 0.25) is 0 Å². The minimum Gasteiger partial charge on any atom is -0.384 e. The summed E-state index contributed by atoms with van der Waals surface area (Å²) in [5.41, 5.74) is 3.33. The molecule has 1 N–H and O–H groups in total. The van der Waals surface area contributed by atoms with Crippen LogP contribution < -0.4 is 0 Å². The number of benzene rings is 1. The van der Waals surface area contributed by atoms with Gasteiger partial charge in [-0.15, -0.1) is 11.3 Å². The van der Waals surface area contributed by atoms with Gasteiger partial charge >= 0.3 is 0 Å². The molecule has 1 nitrogen and oxygen atoms in total. The van der Waals surface area contributed by atoms with Crippen LogP contribution in [0.25, 0.3) is 5.57 Å². The zero-order valence-corrected chi connectivity index (χ0v) is 8.87. The largest absolute Gasteiger partial charge is 0.384 e. The van der Waals surface area contributed by atoms with Crippen LogP contribution in [0, 0.1) is 0 Å². The number of fused-ring (bicyclic) bond motifs is 1. The van der Waals surface area contributed by atoms with E-state index in [0.717, 1.165) is 16.7 Å². The Hall–Kier alpha value is -1.38. The maximum absolute atomic E-state index is 9.88. The van der Waals surface area contributed by atoms with Gasteiger partial charge in [-0.2, -0.15) is 0 Å².